The van der Waals surface area contributed by atoms with Crippen molar-refractivity contribution in [3.63, 3.8) is 0 Å². The normalized spacial score (nSPS) is 11.2. The fraction of sp³-hybridized carbons (Fsp3) is 0.444. The third kappa shape index (κ3) is 7.33. The summed E-state index contributed by atoms with van der Waals surface area (Å²) in [6.45, 7) is 1.77. The average molecular weight is 491 g/mol. The summed E-state index contributed by atoms with van der Waals surface area (Å²) in [6, 6.07) is 4.70. The first kappa shape index (κ1) is 23.2. The third-order valence-corrected chi connectivity index (χ3v) is 3.89. The number of hydrogen-bond donors (Lipinski definition) is 3. The predicted octanol–water partition coefficient (Wildman–Crippen LogP) is 1.74. The van der Waals surface area contributed by atoms with E-state index in [1.54, 1.807) is 27.3 Å². The Kier molecular flexibility index (Phi) is 10.1. The second-order valence-electron chi connectivity index (χ2n) is 6.05. The molecule has 0 atom stereocenters. The van der Waals surface area contributed by atoms with Gasteiger partial charge in [0.1, 0.15) is 12.4 Å². The zero-order chi connectivity index (χ0) is 18.9. The van der Waals surface area contributed by atoms with Crippen molar-refractivity contribution >= 4 is 46.7 Å². The number of carbonyl (C=O) groups is 1. The minimum absolute atomic E-state index is 0. The quantitative estimate of drug-likeness (QED) is 0.228. The second kappa shape index (κ2) is 11.8. The molecule has 1 heterocycles. The number of aliphatic imine (C=N–C) groups is 1. The molecule has 0 fully saturated rings. The maximum atomic E-state index is 13.5. The molecule has 0 bridgehead atoms. The average Bonchev–Trinajstić information content (AvgIpc) is 3.01. The number of nitrogens with one attached hydrogen (secondary N) is 3. The van der Waals surface area contributed by atoms with E-state index in [1.807, 2.05) is 6.20 Å². The summed E-state index contributed by atoms with van der Waals surface area (Å²) in [6.07, 6.45) is 2.58. The molecular formula is C18H27FIN5O2. The number of amides is 1. The van der Waals surface area contributed by atoms with Gasteiger partial charge in [0, 0.05) is 51.4 Å². The fourth-order valence-corrected chi connectivity index (χ4v) is 2.41. The van der Waals surface area contributed by atoms with Crippen molar-refractivity contribution in [2.45, 2.75) is 6.42 Å². The summed E-state index contributed by atoms with van der Waals surface area (Å²) < 4.78 is 18.5. The summed E-state index contributed by atoms with van der Waals surface area (Å²) >= 11 is 0. The number of ether oxygens (including phenoxy) is 1. The van der Waals surface area contributed by atoms with E-state index in [0.717, 1.165) is 16.5 Å². The standard InChI is InChI=1S/C18H26FN5O2.HI/c1-24(2)17(25)12-23-18(21-8-9-26-3)20-7-6-13-11-22-16-5-4-14(19)10-15(13)16;/h4-5,10-11,22H,6-9,12H2,1-3H3,(H2,20,21,23);1H. The number of H-pyrrole nitrogens is 1. The van der Waals surface area contributed by atoms with Gasteiger partial charge in [-0.2, -0.15) is 0 Å². The lowest BCUT2D eigenvalue weighted by molar-refractivity contribution is -0.127. The van der Waals surface area contributed by atoms with E-state index in [-0.39, 0.29) is 42.2 Å². The molecule has 1 amide bonds. The first-order chi connectivity index (χ1) is 12.5. The van der Waals surface area contributed by atoms with Crippen molar-refractivity contribution in [2.75, 3.05) is 47.4 Å². The number of rotatable bonds is 8. The Hall–Kier alpha value is -1.88. The number of fused-ring (bicyclic) bond motifs is 1. The Morgan fingerprint density at radius 3 is 2.74 bits per heavy atom. The largest absolute Gasteiger partial charge is 0.383 e. The smallest absolute Gasteiger partial charge is 0.243 e. The lowest BCUT2D eigenvalue weighted by Gasteiger charge is -2.13. The van der Waals surface area contributed by atoms with Crippen LogP contribution in [0.25, 0.3) is 10.9 Å². The van der Waals surface area contributed by atoms with Gasteiger partial charge < -0.3 is 25.3 Å². The number of carbonyl (C=O) groups excluding carboxylic acids is 1. The highest BCUT2D eigenvalue weighted by atomic mass is 127. The number of aromatic amines is 1. The minimum atomic E-state index is -0.253. The number of aromatic nitrogens is 1. The van der Waals surface area contributed by atoms with Gasteiger partial charge in [-0.25, -0.2) is 9.38 Å². The first-order valence-electron chi connectivity index (χ1n) is 8.48. The van der Waals surface area contributed by atoms with Crippen molar-refractivity contribution in [3.05, 3.63) is 35.8 Å². The fourth-order valence-electron chi connectivity index (χ4n) is 2.41. The molecule has 0 unspecified atom stereocenters. The Labute approximate surface area is 175 Å². The van der Waals surface area contributed by atoms with E-state index in [2.05, 4.69) is 20.6 Å². The Morgan fingerprint density at radius 2 is 2.04 bits per heavy atom. The van der Waals surface area contributed by atoms with Crippen LogP contribution in [0.15, 0.2) is 29.4 Å². The van der Waals surface area contributed by atoms with Gasteiger partial charge in [-0.1, -0.05) is 0 Å². The molecule has 150 valence electrons. The van der Waals surface area contributed by atoms with Crippen molar-refractivity contribution in [1.29, 1.82) is 0 Å². The number of methoxy groups -OCH3 is 1. The lowest BCUT2D eigenvalue weighted by atomic mass is 10.1. The molecule has 0 aliphatic heterocycles. The van der Waals surface area contributed by atoms with Gasteiger partial charge in [0.05, 0.1) is 6.61 Å². The molecule has 0 saturated carbocycles. The number of likely N-dealkylation sites (N-methyl/N-ethyl adjacent to an activating group) is 1. The van der Waals surface area contributed by atoms with Crippen LogP contribution < -0.4 is 10.6 Å². The van der Waals surface area contributed by atoms with Crippen LogP contribution in [0.2, 0.25) is 0 Å². The topological polar surface area (TPSA) is 81.8 Å². The zero-order valence-corrected chi connectivity index (χ0v) is 18.2. The van der Waals surface area contributed by atoms with Crippen LogP contribution in [0.5, 0.6) is 0 Å². The van der Waals surface area contributed by atoms with Crippen molar-refractivity contribution in [3.8, 4) is 0 Å². The van der Waals surface area contributed by atoms with Crippen LogP contribution in [0.1, 0.15) is 5.56 Å². The monoisotopic (exact) mass is 491 g/mol. The lowest BCUT2D eigenvalue weighted by Crippen LogP contribution is -2.40. The van der Waals surface area contributed by atoms with E-state index < -0.39 is 0 Å². The van der Waals surface area contributed by atoms with Crippen molar-refractivity contribution in [1.82, 2.24) is 20.5 Å². The molecular weight excluding hydrogens is 464 g/mol. The van der Waals surface area contributed by atoms with Crippen LogP contribution in [0.3, 0.4) is 0 Å². The molecule has 27 heavy (non-hydrogen) atoms. The number of hydrogen-bond acceptors (Lipinski definition) is 3. The predicted molar refractivity (Wildman–Crippen MR) is 116 cm³/mol. The number of benzene rings is 1. The van der Waals surface area contributed by atoms with Gasteiger partial charge in [-0.05, 0) is 30.2 Å². The summed E-state index contributed by atoms with van der Waals surface area (Å²) in [4.78, 5) is 20.6. The number of halogens is 2. The molecule has 1 aromatic heterocycles. The summed E-state index contributed by atoms with van der Waals surface area (Å²) in [5, 5.41) is 7.19. The molecule has 0 aliphatic rings. The maximum Gasteiger partial charge on any atom is 0.243 e. The molecule has 2 aromatic rings. The Bertz CT molecular complexity index is 763. The van der Waals surface area contributed by atoms with Gasteiger partial charge in [-0.15, -0.1) is 24.0 Å². The number of guanidine groups is 1. The summed E-state index contributed by atoms with van der Waals surface area (Å²) in [5.41, 5.74) is 1.93. The molecule has 1 aromatic carbocycles. The molecule has 9 heteroatoms. The van der Waals surface area contributed by atoms with Crippen molar-refractivity contribution < 1.29 is 13.9 Å². The van der Waals surface area contributed by atoms with Crippen LogP contribution in [-0.4, -0.2) is 69.2 Å². The molecule has 0 saturated heterocycles. The second-order valence-corrected chi connectivity index (χ2v) is 6.05. The first-order valence-corrected chi connectivity index (χ1v) is 8.48. The third-order valence-electron chi connectivity index (χ3n) is 3.89. The maximum absolute atomic E-state index is 13.5. The van der Waals surface area contributed by atoms with Crippen molar-refractivity contribution in [2.24, 2.45) is 4.99 Å². The highest BCUT2D eigenvalue weighted by Gasteiger charge is 2.07. The van der Waals surface area contributed by atoms with Crippen LogP contribution in [0.4, 0.5) is 4.39 Å². The number of nitrogens with zero attached hydrogens (tertiary/aromatic N) is 2. The zero-order valence-electron chi connectivity index (χ0n) is 15.8. The molecule has 3 N–H and O–H groups in total. The van der Waals surface area contributed by atoms with Gasteiger partial charge in [0.2, 0.25) is 5.91 Å². The van der Waals surface area contributed by atoms with Gasteiger partial charge in [0.25, 0.3) is 0 Å². The van der Waals surface area contributed by atoms with Crippen LogP contribution >= 0.6 is 24.0 Å². The molecule has 0 aliphatic carbocycles. The van der Waals surface area contributed by atoms with E-state index >= 15 is 0 Å². The van der Waals surface area contributed by atoms with Gasteiger partial charge in [0.15, 0.2) is 5.96 Å². The molecule has 0 spiro atoms. The summed E-state index contributed by atoms with van der Waals surface area (Å²) in [5.74, 6) is 0.213. The highest BCUT2D eigenvalue weighted by molar-refractivity contribution is 14.0. The summed E-state index contributed by atoms with van der Waals surface area (Å²) in [7, 11) is 5.01. The highest BCUT2D eigenvalue weighted by Crippen LogP contribution is 2.19. The van der Waals surface area contributed by atoms with Crippen LogP contribution in [0, 0.1) is 5.82 Å². The SMILES string of the molecule is COCCNC(=NCC(=O)N(C)C)NCCc1c[nH]c2ccc(F)cc12.I. The molecule has 7 nitrogen and oxygen atoms in total. The van der Waals surface area contributed by atoms with E-state index in [1.165, 1.54) is 17.0 Å². The Balaban J connectivity index is 0.00000364. The minimum Gasteiger partial charge on any atom is -0.383 e. The molecule has 2 rings (SSSR count). The molecule has 0 radical (unpaired) electrons. The van der Waals surface area contributed by atoms with E-state index in [4.69, 9.17) is 4.74 Å². The van der Waals surface area contributed by atoms with Crippen LogP contribution in [-0.2, 0) is 16.0 Å². The Morgan fingerprint density at radius 1 is 1.30 bits per heavy atom. The van der Waals surface area contributed by atoms with E-state index in [9.17, 15) is 9.18 Å². The van der Waals surface area contributed by atoms with Gasteiger partial charge in [-0.3, -0.25) is 4.79 Å². The van der Waals surface area contributed by atoms with E-state index in [0.29, 0.717) is 32.1 Å². The van der Waals surface area contributed by atoms with Gasteiger partial charge >= 0.3 is 0 Å².